The quantitative estimate of drug-likeness (QED) is 0.457. The van der Waals surface area contributed by atoms with Gasteiger partial charge in [0, 0.05) is 19.0 Å². The van der Waals surface area contributed by atoms with Crippen LogP contribution in [0.5, 0.6) is 0 Å². The Balaban J connectivity index is 2.60. The molecule has 1 amide bonds. The maximum absolute atomic E-state index is 11.8. The van der Waals surface area contributed by atoms with Gasteiger partial charge in [-0.25, -0.2) is 4.99 Å². The number of hydrogen-bond acceptors (Lipinski definition) is 3. The lowest BCUT2D eigenvalue weighted by atomic mass is 10.1. The van der Waals surface area contributed by atoms with Crippen molar-refractivity contribution in [3.05, 3.63) is 35.9 Å². The molecule has 4 nitrogen and oxygen atoms in total. The molecule has 0 aliphatic carbocycles. The van der Waals surface area contributed by atoms with Crippen LogP contribution in [0.25, 0.3) is 0 Å². The van der Waals surface area contributed by atoms with E-state index in [1.165, 1.54) is 5.56 Å². The van der Waals surface area contributed by atoms with E-state index in [9.17, 15) is 4.79 Å². The van der Waals surface area contributed by atoms with Crippen LogP contribution in [-0.2, 0) is 16.0 Å². The van der Waals surface area contributed by atoms with Crippen LogP contribution < -0.4 is 0 Å². The Bertz CT molecular complexity index is 481. The summed E-state index contributed by atoms with van der Waals surface area (Å²) in [4.78, 5) is 17.9. The summed E-state index contributed by atoms with van der Waals surface area (Å²) < 4.78 is 5.81. The number of benzene rings is 1. The summed E-state index contributed by atoms with van der Waals surface area (Å²) in [6, 6.07) is 10.9. The molecule has 0 heterocycles. The van der Waals surface area contributed by atoms with Gasteiger partial charge in [-0.2, -0.15) is 0 Å². The molecule has 0 radical (unpaired) electrons. The molecule has 0 fully saturated rings. The molecule has 0 spiro atoms. The first-order chi connectivity index (χ1) is 10.4. The van der Waals surface area contributed by atoms with Gasteiger partial charge in [0.25, 0.3) is 6.02 Å². The molecule has 122 valence electrons. The maximum Gasteiger partial charge on any atom is 0.294 e. The predicted molar refractivity (Wildman–Crippen MR) is 90.9 cm³/mol. The Morgan fingerprint density at radius 1 is 1.18 bits per heavy atom. The first kappa shape index (κ1) is 18.2. The Kier molecular flexibility index (Phi) is 7.64. The smallest absolute Gasteiger partial charge is 0.294 e. The molecule has 1 rings (SSSR count). The fourth-order valence-electron chi connectivity index (χ4n) is 2.19. The molecule has 22 heavy (non-hydrogen) atoms. The first-order valence-electron chi connectivity index (χ1n) is 7.96. The first-order valence-corrected chi connectivity index (χ1v) is 7.96. The lowest BCUT2D eigenvalue weighted by Gasteiger charge is -2.26. The second kappa shape index (κ2) is 9.23. The van der Waals surface area contributed by atoms with Crippen LogP contribution >= 0.6 is 0 Å². The van der Waals surface area contributed by atoms with Crippen LogP contribution in [0.1, 0.15) is 46.6 Å². The third kappa shape index (κ3) is 6.29. The topological polar surface area (TPSA) is 41.9 Å². The summed E-state index contributed by atoms with van der Waals surface area (Å²) in [5.41, 5.74) is 1.29. The van der Waals surface area contributed by atoms with Gasteiger partial charge in [0.15, 0.2) is 0 Å². The van der Waals surface area contributed by atoms with E-state index in [1.54, 1.807) is 11.8 Å². The molecule has 0 saturated carbocycles. The molecule has 0 aromatic heterocycles. The average Bonchev–Trinajstić information content (AvgIpc) is 2.43. The highest BCUT2D eigenvalue weighted by Gasteiger charge is 2.21. The highest BCUT2D eigenvalue weighted by atomic mass is 16.5. The van der Waals surface area contributed by atoms with E-state index < -0.39 is 0 Å². The maximum atomic E-state index is 11.8. The molecule has 0 saturated heterocycles. The zero-order valence-electron chi connectivity index (χ0n) is 14.4. The van der Waals surface area contributed by atoms with Crippen LogP contribution in [0.4, 0.5) is 0 Å². The molecule has 0 aliphatic rings. The second-order valence-corrected chi connectivity index (χ2v) is 5.93. The van der Waals surface area contributed by atoms with Gasteiger partial charge in [0.1, 0.15) is 0 Å². The van der Waals surface area contributed by atoms with Gasteiger partial charge < -0.3 is 4.74 Å². The standard InChI is InChI=1S/C18H28N2O2/c1-14(2)19-18(20(15(3)4)16(5)21)22-13-9-12-17-10-7-6-8-11-17/h6-8,10-11,14-15H,9,12-13H2,1-5H3. The molecule has 1 aromatic carbocycles. The summed E-state index contributed by atoms with van der Waals surface area (Å²) in [5.74, 6) is -0.0440. The number of hydrogen-bond donors (Lipinski definition) is 0. The molecule has 4 heteroatoms. The van der Waals surface area contributed by atoms with Crippen molar-refractivity contribution in [2.45, 2.75) is 59.5 Å². The van der Waals surface area contributed by atoms with Crippen molar-refractivity contribution in [2.24, 2.45) is 4.99 Å². The van der Waals surface area contributed by atoms with Gasteiger partial charge >= 0.3 is 0 Å². The summed E-state index contributed by atoms with van der Waals surface area (Å²) in [5, 5.41) is 0. The number of amides is 1. The van der Waals surface area contributed by atoms with E-state index in [1.807, 2.05) is 45.9 Å². The summed E-state index contributed by atoms with van der Waals surface area (Å²) in [7, 11) is 0. The number of aliphatic imine (C=N–C) groups is 1. The lowest BCUT2D eigenvalue weighted by Crippen LogP contribution is -2.42. The van der Waals surface area contributed by atoms with E-state index >= 15 is 0 Å². The highest BCUT2D eigenvalue weighted by molar-refractivity contribution is 5.93. The van der Waals surface area contributed by atoms with Crippen LogP contribution in [0.2, 0.25) is 0 Å². The highest BCUT2D eigenvalue weighted by Crippen LogP contribution is 2.07. The summed E-state index contributed by atoms with van der Waals surface area (Å²) >= 11 is 0. The zero-order chi connectivity index (χ0) is 16.5. The molecule has 0 N–H and O–H groups in total. The normalized spacial score (nSPS) is 11.9. The lowest BCUT2D eigenvalue weighted by molar-refractivity contribution is -0.127. The summed E-state index contributed by atoms with van der Waals surface area (Å²) in [6.07, 6.45) is 1.85. The van der Waals surface area contributed by atoms with E-state index in [0.29, 0.717) is 12.6 Å². The van der Waals surface area contributed by atoms with Gasteiger partial charge in [0.05, 0.1) is 6.61 Å². The van der Waals surface area contributed by atoms with Crippen molar-refractivity contribution in [1.82, 2.24) is 4.90 Å². The van der Waals surface area contributed by atoms with Crippen molar-refractivity contribution < 1.29 is 9.53 Å². The number of carbonyl (C=O) groups excluding carboxylic acids is 1. The zero-order valence-corrected chi connectivity index (χ0v) is 14.4. The minimum Gasteiger partial charge on any atom is -0.465 e. The van der Waals surface area contributed by atoms with E-state index in [4.69, 9.17) is 4.74 Å². The Morgan fingerprint density at radius 2 is 1.82 bits per heavy atom. The molecule has 1 aromatic rings. The Morgan fingerprint density at radius 3 is 2.32 bits per heavy atom. The summed E-state index contributed by atoms with van der Waals surface area (Å²) in [6.45, 7) is 9.98. The van der Waals surface area contributed by atoms with Gasteiger partial charge in [-0.05, 0) is 46.1 Å². The van der Waals surface area contributed by atoms with Crippen molar-refractivity contribution in [1.29, 1.82) is 0 Å². The predicted octanol–water partition coefficient (Wildman–Crippen LogP) is 3.66. The van der Waals surface area contributed by atoms with Gasteiger partial charge in [-0.1, -0.05) is 30.3 Å². The van der Waals surface area contributed by atoms with E-state index in [2.05, 4.69) is 17.1 Å². The number of amidine groups is 1. The van der Waals surface area contributed by atoms with Crippen LogP contribution in [0.3, 0.4) is 0 Å². The number of aryl methyl sites for hydroxylation is 1. The van der Waals surface area contributed by atoms with E-state index in [0.717, 1.165) is 12.8 Å². The minimum atomic E-state index is -0.0440. The molecule has 0 atom stereocenters. The molecular formula is C18H28N2O2. The van der Waals surface area contributed by atoms with Gasteiger partial charge in [0.2, 0.25) is 5.91 Å². The fraction of sp³-hybridized carbons (Fsp3) is 0.556. The van der Waals surface area contributed by atoms with Crippen LogP contribution in [0, 0.1) is 0 Å². The average molecular weight is 304 g/mol. The SMILES string of the molecule is CC(=O)N(C(=NC(C)C)OCCCc1ccccc1)C(C)C. The number of nitrogens with zero attached hydrogens (tertiary/aromatic N) is 2. The monoisotopic (exact) mass is 304 g/mol. The molecular weight excluding hydrogens is 276 g/mol. The fourth-order valence-corrected chi connectivity index (χ4v) is 2.19. The Labute approximate surface area is 134 Å². The van der Waals surface area contributed by atoms with Crippen molar-refractivity contribution in [3.63, 3.8) is 0 Å². The third-order valence-electron chi connectivity index (χ3n) is 3.11. The molecule has 0 unspecified atom stereocenters. The van der Waals surface area contributed by atoms with Crippen molar-refractivity contribution >= 4 is 11.9 Å². The number of rotatable bonds is 6. The van der Waals surface area contributed by atoms with Crippen LogP contribution in [0.15, 0.2) is 35.3 Å². The number of carbonyl (C=O) groups is 1. The minimum absolute atomic E-state index is 0.0316. The van der Waals surface area contributed by atoms with Crippen molar-refractivity contribution in [3.8, 4) is 0 Å². The van der Waals surface area contributed by atoms with Crippen molar-refractivity contribution in [2.75, 3.05) is 6.61 Å². The van der Waals surface area contributed by atoms with E-state index in [-0.39, 0.29) is 18.0 Å². The van der Waals surface area contributed by atoms with Gasteiger partial charge in [-0.15, -0.1) is 0 Å². The van der Waals surface area contributed by atoms with Crippen LogP contribution in [-0.4, -0.2) is 35.5 Å². The second-order valence-electron chi connectivity index (χ2n) is 5.93. The number of ether oxygens (including phenoxy) is 1. The molecule has 0 bridgehead atoms. The third-order valence-corrected chi connectivity index (χ3v) is 3.11. The Hall–Kier alpha value is -1.84. The van der Waals surface area contributed by atoms with Gasteiger partial charge in [-0.3, -0.25) is 9.69 Å². The molecule has 0 aliphatic heterocycles. The largest absolute Gasteiger partial charge is 0.465 e.